The molecular weight excluding hydrogens is 262 g/mol. The summed E-state index contributed by atoms with van der Waals surface area (Å²) in [6.45, 7) is 0.224. The number of benzene rings is 2. The normalized spacial score (nSPS) is 10.2. The minimum Gasteiger partial charge on any atom is -0.508 e. The highest BCUT2D eigenvalue weighted by Crippen LogP contribution is 2.35. The van der Waals surface area contributed by atoms with E-state index in [4.69, 9.17) is 5.11 Å². The molecule has 1 amide bonds. The van der Waals surface area contributed by atoms with E-state index in [0.29, 0.717) is 0 Å². The van der Waals surface area contributed by atoms with Crippen LogP contribution in [0.3, 0.4) is 0 Å². The fourth-order valence-electron chi connectivity index (χ4n) is 1.63. The quantitative estimate of drug-likeness (QED) is 0.544. The van der Waals surface area contributed by atoms with E-state index < -0.39 is 23.2 Å². The van der Waals surface area contributed by atoms with Crippen molar-refractivity contribution in [2.75, 3.05) is 0 Å². The maximum absolute atomic E-state index is 11.8. The van der Waals surface area contributed by atoms with Crippen molar-refractivity contribution in [1.82, 2.24) is 5.32 Å². The van der Waals surface area contributed by atoms with Crippen LogP contribution in [-0.4, -0.2) is 26.3 Å². The van der Waals surface area contributed by atoms with E-state index in [1.807, 2.05) is 0 Å². The number of carbonyl (C=O) groups excluding carboxylic acids is 1. The van der Waals surface area contributed by atoms with Crippen LogP contribution in [0.25, 0.3) is 0 Å². The largest absolute Gasteiger partial charge is 0.508 e. The third-order valence-electron chi connectivity index (χ3n) is 2.72. The van der Waals surface area contributed by atoms with Gasteiger partial charge in [-0.1, -0.05) is 12.1 Å². The lowest BCUT2D eigenvalue weighted by molar-refractivity contribution is 0.0950. The molecule has 2 aromatic carbocycles. The van der Waals surface area contributed by atoms with Crippen molar-refractivity contribution in [3.8, 4) is 23.0 Å². The molecule has 2 rings (SSSR count). The first kappa shape index (κ1) is 13.5. The molecular formula is C14H13NO5. The summed E-state index contributed by atoms with van der Waals surface area (Å²) >= 11 is 0. The zero-order valence-electron chi connectivity index (χ0n) is 10.4. The van der Waals surface area contributed by atoms with E-state index in [1.54, 1.807) is 12.1 Å². The maximum Gasteiger partial charge on any atom is 0.251 e. The first-order valence-electron chi connectivity index (χ1n) is 5.78. The zero-order chi connectivity index (χ0) is 14.7. The predicted molar refractivity (Wildman–Crippen MR) is 70.7 cm³/mol. The topological polar surface area (TPSA) is 110 Å². The van der Waals surface area contributed by atoms with E-state index in [0.717, 1.165) is 17.7 Å². The van der Waals surface area contributed by atoms with Crippen LogP contribution < -0.4 is 5.32 Å². The highest BCUT2D eigenvalue weighted by molar-refractivity contribution is 5.95. The molecule has 5 N–H and O–H groups in total. The second-order valence-electron chi connectivity index (χ2n) is 4.21. The van der Waals surface area contributed by atoms with Crippen molar-refractivity contribution in [3.63, 3.8) is 0 Å². The molecule has 0 bridgehead atoms. The fraction of sp³-hybridized carbons (Fsp3) is 0.0714. The van der Waals surface area contributed by atoms with Crippen molar-refractivity contribution in [2.45, 2.75) is 6.54 Å². The fourth-order valence-corrected chi connectivity index (χ4v) is 1.63. The number of carbonyl (C=O) groups is 1. The molecule has 0 unspecified atom stereocenters. The van der Waals surface area contributed by atoms with E-state index in [9.17, 15) is 20.1 Å². The number of phenols is 4. The Morgan fingerprint density at radius 1 is 0.950 bits per heavy atom. The molecule has 0 aliphatic heterocycles. The Labute approximate surface area is 114 Å². The van der Waals surface area contributed by atoms with Gasteiger partial charge in [-0.15, -0.1) is 0 Å². The van der Waals surface area contributed by atoms with E-state index in [-0.39, 0.29) is 17.9 Å². The SMILES string of the molecule is O=C(NCc1ccc(O)cc1)c1cc(O)c(O)c(O)c1. The summed E-state index contributed by atoms with van der Waals surface area (Å²) in [6, 6.07) is 8.42. The van der Waals surface area contributed by atoms with Gasteiger partial charge in [0.25, 0.3) is 5.91 Å². The van der Waals surface area contributed by atoms with Crippen molar-refractivity contribution in [3.05, 3.63) is 47.5 Å². The molecule has 0 atom stereocenters. The van der Waals surface area contributed by atoms with Crippen molar-refractivity contribution in [1.29, 1.82) is 0 Å². The van der Waals surface area contributed by atoms with Crippen molar-refractivity contribution >= 4 is 5.91 Å². The van der Waals surface area contributed by atoms with Crippen LogP contribution in [0, 0.1) is 0 Å². The molecule has 0 aliphatic rings. The van der Waals surface area contributed by atoms with Gasteiger partial charge in [-0.25, -0.2) is 0 Å². The number of nitrogens with one attached hydrogen (secondary N) is 1. The first-order valence-corrected chi connectivity index (χ1v) is 5.78. The summed E-state index contributed by atoms with van der Waals surface area (Å²) in [6.07, 6.45) is 0. The Morgan fingerprint density at radius 2 is 1.50 bits per heavy atom. The number of hydrogen-bond acceptors (Lipinski definition) is 5. The summed E-state index contributed by atoms with van der Waals surface area (Å²) < 4.78 is 0. The second-order valence-corrected chi connectivity index (χ2v) is 4.21. The summed E-state index contributed by atoms with van der Waals surface area (Å²) in [5.74, 6) is -2.18. The minimum absolute atomic E-state index is 0.0246. The molecule has 2 aromatic rings. The lowest BCUT2D eigenvalue weighted by atomic mass is 10.1. The molecule has 6 heteroatoms. The monoisotopic (exact) mass is 275 g/mol. The van der Waals surface area contributed by atoms with Crippen LogP contribution in [0.5, 0.6) is 23.0 Å². The van der Waals surface area contributed by atoms with E-state index in [1.165, 1.54) is 12.1 Å². The minimum atomic E-state index is -0.667. The summed E-state index contributed by atoms with van der Waals surface area (Å²) in [5, 5.41) is 39.6. The Morgan fingerprint density at radius 3 is 2.05 bits per heavy atom. The van der Waals surface area contributed by atoms with Crippen LogP contribution in [0.1, 0.15) is 15.9 Å². The number of rotatable bonds is 3. The van der Waals surface area contributed by atoms with Gasteiger partial charge in [-0.3, -0.25) is 4.79 Å². The molecule has 0 saturated carbocycles. The van der Waals surface area contributed by atoms with Gasteiger partial charge in [-0.2, -0.15) is 0 Å². The number of amides is 1. The molecule has 0 heterocycles. The van der Waals surface area contributed by atoms with Gasteiger partial charge in [0, 0.05) is 12.1 Å². The summed E-state index contributed by atoms with van der Waals surface area (Å²) in [7, 11) is 0. The van der Waals surface area contributed by atoms with Crippen LogP contribution >= 0.6 is 0 Å². The molecule has 0 fully saturated rings. The Balaban J connectivity index is 2.07. The van der Waals surface area contributed by atoms with Gasteiger partial charge in [-0.05, 0) is 29.8 Å². The zero-order valence-corrected chi connectivity index (χ0v) is 10.4. The molecule has 0 saturated heterocycles. The molecule has 104 valence electrons. The van der Waals surface area contributed by atoms with Gasteiger partial charge in [0.05, 0.1) is 0 Å². The molecule has 0 spiro atoms. The van der Waals surface area contributed by atoms with Crippen LogP contribution in [0.15, 0.2) is 36.4 Å². The van der Waals surface area contributed by atoms with Gasteiger partial charge in [0.2, 0.25) is 0 Å². The lowest BCUT2D eigenvalue weighted by Crippen LogP contribution is -2.22. The van der Waals surface area contributed by atoms with Gasteiger partial charge in [0.1, 0.15) is 5.75 Å². The third kappa shape index (κ3) is 2.92. The lowest BCUT2D eigenvalue weighted by Gasteiger charge is -2.07. The Kier molecular flexibility index (Phi) is 3.65. The second kappa shape index (κ2) is 5.40. The van der Waals surface area contributed by atoms with Crippen LogP contribution in [0.4, 0.5) is 0 Å². The number of hydrogen-bond donors (Lipinski definition) is 5. The average Bonchev–Trinajstić information content (AvgIpc) is 2.43. The summed E-state index contributed by atoms with van der Waals surface area (Å²) in [4.78, 5) is 11.8. The first-order chi connectivity index (χ1) is 9.47. The molecule has 0 radical (unpaired) electrons. The number of aromatic hydroxyl groups is 4. The third-order valence-corrected chi connectivity index (χ3v) is 2.72. The van der Waals surface area contributed by atoms with Crippen LogP contribution in [-0.2, 0) is 6.54 Å². The standard InChI is InChI=1S/C14H13NO5/c16-10-3-1-8(2-4-10)7-15-14(20)9-5-11(17)13(19)12(18)6-9/h1-6,16-19H,7H2,(H,15,20). The summed E-state index contributed by atoms with van der Waals surface area (Å²) in [5.41, 5.74) is 0.806. The highest BCUT2D eigenvalue weighted by Gasteiger charge is 2.13. The number of phenolic OH excluding ortho intramolecular Hbond substituents is 4. The van der Waals surface area contributed by atoms with Crippen molar-refractivity contribution in [2.24, 2.45) is 0 Å². The molecule has 6 nitrogen and oxygen atoms in total. The van der Waals surface area contributed by atoms with Crippen molar-refractivity contribution < 1.29 is 25.2 Å². The molecule has 0 aromatic heterocycles. The Bertz CT molecular complexity index is 614. The van der Waals surface area contributed by atoms with Gasteiger partial charge >= 0.3 is 0 Å². The van der Waals surface area contributed by atoms with E-state index in [2.05, 4.69) is 5.32 Å². The highest BCUT2D eigenvalue weighted by atomic mass is 16.3. The Hall–Kier alpha value is -2.89. The van der Waals surface area contributed by atoms with Crippen LogP contribution in [0.2, 0.25) is 0 Å². The predicted octanol–water partition coefficient (Wildman–Crippen LogP) is 1.44. The average molecular weight is 275 g/mol. The van der Waals surface area contributed by atoms with E-state index >= 15 is 0 Å². The maximum atomic E-state index is 11.8. The van der Waals surface area contributed by atoms with Gasteiger partial charge < -0.3 is 25.7 Å². The molecule has 20 heavy (non-hydrogen) atoms. The molecule has 0 aliphatic carbocycles. The van der Waals surface area contributed by atoms with Gasteiger partial charge in [0.15, 0.2) is 17.2 Å². The smallest absolute Gasteiger partial charge is 0.251 e.